The SMILES string of the molecule is C[C@H]1CCCN(CCCCNC(=O)c2ccccn2)C1. The van der Waals surface area contributed by atoms with Gasteiger partial charge in [0.2, 0.25) is 0 Å². The van der Waals surface area contributed by atoms with Gasteiger partial charge in [-0.05, 0) is 56.8 Å². The Morgan fingerprint density at radius 2 is 2.35 bits per heavy atom. The van der Waals surface area contributed by atoms with Crippen LogP contribution in [0.5, 0.6) is 0 Å². The molecule has 0 aromatic carbocycles. The van der Waals surface area contributed by atoms with Crippen LogP contribution in [0, 0.1) is 5.92 Å². The molecule has 1 atom stereocenters. The van der Waals surface area contributed by atoms with Gasteiger partial charge in [0.15, 0.2) is 0 Å². The van der Waals surface area contributed by atoms with E-state index in [2.05, 4.69) is 22.1 Å². The number of hydrogen-bond donors (Lipinski definition) is 1. The normalized spacial score (nSPS) is 19.8. The highest BCUT2D eigenvalue weighted by Gasteiger charge is 2.15. The summed E-state index contributed by atoms with van der Waals surface area (Å²) >= 11 is 0. The summed E-state index contributed by atoms with van der Waals surface area (Å²) in [6.45, 7) is 6.70. The minimum Gasteiger partial charge on any atom is -0.351 e. The standard InChI is InChI=1S/C16H25N3O/c1-14-7-6-12-19(13-14)11-5-4-10-18-16(20)15-8-2-3-9-17-15/h2-3,8-9,14H,4-7,10-13H2,1H3,(H,18,20)/t14-/m0/s1. The van der Waals surface area contributed by atoms with Crippen LogP contribution in [-0.4, -0.2) is 42.0 Å². The molecule has 20 heavy (non-hydrogen) atoms. The van der Waals surface area contributed by atoms with E-state index in [9.17, 15) is 4.79 Å². The first-order valence-corrected chi connectivity index (χ1v) is 7.67. The van der Waals surface area contributed by atoms with Crippen LogP contribution in [0.1, 0.15) is 43.1 Å². The summed E-state index contributed by atoms with van der Waals surface area (Å²) in [6.07, 6.45) is 6.53. The number of likely N-dealkylation sites (tertiary alicyclic amines) is 1. The number of nitrogens with one attached hydrogen (secondary N) is 1. The van der Waals surface area contributed by atoms with E-state index in [-0.39, 0.29) is 5.91 Å². The molecule has 1 aliphatic rings. The Kier molecular flexibility index (Phi) is 5.99. The molecule has 0 unspecified atom stereocenters. The average Bonchev–Trinajstić information content (AvgIpc) is 2.48. The Hall–Kier alpha value is -1.42. The molecule has 1 aliphatic heterocycles. The lowest BCUT2D eigenvalue weighted by Crippen LogP contribution is -2.35. The van der Waals surface area contributed by atoms with Crippen LogP contribution in [0.3, 0.4) is 0 Å². The van der Waals surface area contributed by atoms with E-state index in [1.807, 2.05) is 12.1 Å². The molecule has 4 heteroatoms. The molecule has 2 heterocycles. The van der Waals surface area contributed by atoms with Crippen molar-refractivity contribution < 1.29 is 4.79 Å². The topological polar surface area (TPSA) is 45.2 Å². The van der Waals surface area contributed by atoms with Crippen LogP contribution in [0.25, 0.3) is 0 Å². The van der Waals surface area contributed by atoms with Crippen LogP contribution in [-0.2, 0) is 0 Å². The zero-order valence-corrected chi connectivity index (χ0v) is 12.3. The van der Waals surface area contributed by atoms with Gasteiger partial charge in [0.05, 0.1) is 0 Å². The number of carbonyl (C=O) groups is 1. The number of hydrogen-bond acceptors (Lipinski definition) is 3. The van der Waals surface area contributed by atoms with Crippen molar-refractivity contribution in [2.24, 2.45) is 5.92 Å². The Balaban J connectivity index is 1.56. The number of aromatic nitrogens is 1. The predicted molar refractivity (Wildman–Crippen MR) is 80.6 cm³/mol. The molecule has 0 bridgehead atoms. The van der Waals surface area contributed by atoms with Crippen LogP contribution in [0.2, 0.25) is 0 Å². The van der Waals surface area contributed by atoms with Crippen molar-refractivity contribution >= 4 is 5.91 Å². The number of nitrogens with zero attached hydrogens (tertiary/aromatic N) is 2. The third-order valence-corrected chi connectivity index (χ3v) is 3.83. The minimum absolute atomic E-state index is 0.0720. The summed E-state index contributed by atoms with van der Waals surface area (Å²) in [5, 5.41) is 2.93. The average molecular weight is 275 g/mol. The lowest BCUT2D eigenvalue weighted by Gasteiger charge is -2.30. The largest absolute Gasteiger partial charge is 0.351 e. The molecular formula is C16H25N3O. The fourth-order valence-electron chi connectivity index (χ4n) is 2.74. The van der Waals surface area contributed by atoms with E-state index in [1.54, 1.807) is 12.3 Å². The maximum atomic E-state index is 11.8. The molecule has 1 aromatic heterocycles. The van der Waals surface area contributed by atoms with Gasteiger partial charge in [0.25, 0.3) is 5.91 Å². The van der Waals surface area contributed by atoms with E-state index in [0.717, 1.165) is 31.8 Å². The second-order valence-corrected chi connectivity index (χ2v) is 5.73. The molecule has 110 valence electrons. The van der Waals surface area contributed by atoms with Gasteiger partial charge < -0.3 is 10.2 Å². The van der Waals surface area contributed by atoms with Gasteiger partial charge in [-0.2, -0.15) is 0 Å². The molecule has 1 amide bonds. The molecule has 0 saturated carbocycles. The van der Waals surface area contributed by atoms with Crippen molar-refractivity contribution in [3.05, 3.63) is 30.1 Å². The molecule has 1 aromatic rings. The highest BCUT2D eigenvalue weighted by atomic mass is 16.1. The summed E-state index contributed by atoms with van der Waals surface area (Å²) in [7, 11) is 0. The van der Waals surface area contributed by atoms with Gasteiger partial charge >= 0.3 is 0 Å². The summed E-state index contributed by atoms with van der Waals surface area (Å²) in [6, 6.07) is 5.39. The molecule has 4 nitrogen and oxygen atoms in total. The van der Waals surface area contributed by atoms with Crippen LogP contribution >= 0.6 is 0 Å². The molecule has 0 spiro atoms. The third kappa shape index (κ3) is 4.93. The molecule has 1 fully saturated rings. The quantitative estimate of drug-likeness (QED) is 0.810. The van der Waals surface area contributed by atoms with Gasteiger partial charge in [0.1, 0.15) is 5.69 Å². The molecule has 2 rings (SSSR count). The van der Waals surface area contributed by atoms with Gasteiger partial charge in [-0.1, -0.05) is 13.0 Å². The number of carbonyl (C=O) groups excluding carboxylic acids is 1. The lowest BCUT2D eigenvalue weighted by atomic mass is 10.0. The van der Waals surface area contributed by atoms with Crippen LogP contribution in [0.15, 0.2) is 24.4 Å². The highest BCUT2D eigenvalue weighted by molar-refractivity contribution is 5.92. The van der Waals surface area contributed by atoms with Gasteiger partial charge in [-0.3, -0.25) is 9.78 Å². The van der Waals surface area contributed by atoms with Crippen molar-refractivity contribution in [2.45, 2.75) is 32.6 Å². The second-order valence-electron chi connectivity index (χ2n) is 5.73. The van der Waals surface area contributed by atoms with Crippen molar-refractivity contribution in [1.29, 1.82) is 0 Å². The maximum Gasteiger partial charge on any atom is 0.269 e. The number of pyridine rings is 1. The molecular weight excluding hydrogens is 250 g/mol. The van der Waals surface area contributed by atoms with E-state index in [0.29, 0.717) is 5.69 Å². The summed E-state index contributed by atoms with van der Waals surface area (Å²) in [5.41, 5.74) is 0.498. The van der Waals surface area contributed by atoms with E-state index in [4.69, 9.17) is 0 Å². The Bertz CT molecular complexity index is 407. The monoisotopic (exact) mass is 275 g/mol. The zero-order valence-electron chi connectivity index (χ0n) is 12.3. The minimum atomic E-state index is -0.0720. The second kappa shape index (κ2) is 8.00. The number of rotatable bonds is 6. The first-order chi connectivity index (χ1) is 9.75. The zero-order chi connectivity index (χ0) is 14.2. The molecule has 1 saturated heterocycles. The fourth-order valence-corrected chi connectivity index (χ4v) is 2.74. The van der Waals surface area contributed by atoms with Crippen LogP contribution in [0.4, 0.5) is 0 Å². The summed E-state index contributed by atoms with van der Waals surface area (Å²) in [4.78, 5) is 18.4. The van der Waals surface area contributed by atoms with E-state index >= 15 is 0 Å². The van der Waals surface area contributed by atoms with Gasteiger partial charge in [-0.15, -0.1) is 0 Å². The summed E-state index contributed by atoms with van der Waals surface area (Å²) < 4.78 is 0. The van der Waals surface area contributed by atoms with Crippen molar-refractivity contribution in [2.75, 3.05) is 26.2 Å². The Morgan fingerprint density at radius 1 is 1.45 bits per heavy atom. The Labute approximate surface area is 121 Å². The van der Waals surface area contributed by atoms with Crippen molar-refractivity contribution in [1.82, 2.24) is 15.2 Å². The fraction of sp³-hybridized carbons (Fsp3) is 0.625. The predicted octanol–water partition coefficient (Wildman–Crippen LogP) is 2.32. The van der Waals surface area contributed by atoms with Crippen molar-refractivity contribution in [3.8, 4) is 0 Å². The van der Waals surface area contributed by atoms with Gasteiger partial charge in [-0.25, -0.2) is 0 Å². The smallest absolute Gasteiger partial charge is 0.269 e. The van der Waals surface area contributed by atoms with E-state index < -0.39 is 0 Å². The molecule has 0 aliphatic carbocycles. The first-order valence-electron chi connectivity index (χ1n) is 7.67. The van der Waals surface area contributed by atoms with Crippen molar-refractivity contribution in [3.63, 3.8) is 0 Å². The van der Waals surface area contributed by atoms with E-state index in [1.165, 1.54) is 25.9 Å². The highest BCUT2D eigenvalue weighted by Crippen LogP contribution is 2.15. The summed E-state index contributed by atoms with van der Waals surface area (Å²) in [5.74, 6) is 0.768. The van der Waals surface area contributed by atoms with Crippen LogP contribution < -0.4 is 5.32 Å². The number of piperidine rings is 1. The molecule has 1 N–H and O–H groups in total. The number of unbranched alkanes of at least 4 members (excludes halogenated alkanes) is 1. The number of amides is 1. The third-order valence-electron chi connectivity index (χ3n) is 3.83. The Morgan fingerprint density at radius 3 is 3.10 bits per heavy atom. The maximum absolute atomic E-state index is 11.8. The first kappa shape index (κ1) is 15.0. The molecule has 0 radical (unpaired) electrons. The van der Waals surface area contributed by atoms with Gasteiger partial charge in [0, 0.05) is 19.3 Å². The lowest BCUT2D eigenvalue weighted by molar-refractivity contribution is 0.0947.